The Labute approximate surface area is 203 Å². The lowest BCUT2D eigenvalue weighted by Crippen LogP contribution is -2.33. The third-order valence-electron chi connectivity index (χ3n) is 6.51. The molecule has 0 N–H and O–H groups in total. The number of hydrogen-bond donors (Lipinski definition) is 0. The van der Waals surface area contributed by atoms with Crippen LogP contribution in [-0.2, 0) is 4.74 Å². The monoisotopic (exact) mass is 457 g/mol. The SMILES string of the molecule is COC(=O)N1C=Cc2ccccc2[C@@H]1c1ccc2cnc(-c3ccc(-c4ccccc4)cc3)cn12. The van der Waals surface area contributed by atoms with E-state index in [-0.39, 0.29) is 6.04 Å². The molecule has 1 aliphatic heterocycles. The van der Waals surface area contributed by atoms with Crippen molar-refractivity contribution in [3.8, 4) is 22.4 Å². The number of hydrogen-bond acceptors (Lipinski definition) is 3. The van der Waals surface area contributed by atoms with Gasteiger partial charge in [0.05, 0.1) is 30.2 Å². The maximum absolute atomic E-state index is 12.7. The predicted molar refractivity (Wildman–Crippen MR) is 138 cm³/mol. The normalized spacial score (nSPS) is 14.7. The highest BCUT2D eigenvalue weighted by Gasteiger charge is 2.31. The number of carbonyl (C=O) groups excluding carboxylic acids is 1. The maximum atomic E-state index is 12.7. The topological polar surface area (TPSA) is 46.8 Å². The van der Waals surface area contributed by atoms with Gasteiger partial charge in [0, 0.05) is 18.0 Å². The molecule has 0 saturated carbocycles. The molecule has 2 aromatic heterocycles. The van der Waals surface area contributed by atoms with E-state index in [0.717, 1.165) is 39.2 Å². The van der Waals surface area contributed by atoms with Crippen molar-refractivity contribution in [1.82, 2.24) is 14.3 Å². The van der Waals surface area contributed by atoms with Gasteiger partial charge in [-0.15, -0.1) is 0 Å². The van der Waals surface area contributed by atoms with E-state index in [0.29, 0.717) is 0 Å². The van der Waals surface area contributed by atoms with Crippen LogP contribution < -0.4 is 0 Å². The first-order chi connectivity index (χ1) is 17.2. The molecule has 0 saturated heterocycles. The summed E-state index contributed by atoms with van der Waals surface area (Å²) < 4.78 is 7.22. The summed E-state index contributed by atoms with van der Waals surface area (Å²) in [7, 11) is 1.41. The number of aromatic nitrogens is 2. The maximum Gasteiger partial charge on any atom is 0.414 e. The molecule has 3 heterocycles. The molecule has 6 rings (SSSR count). The Morgan fingerprint density at radius 2 is 1.54 bits per heavy atom. The Morgan fingerprint density at radius 1 is 0.829 bits per heavy atom. The molecule has 5 heteroatoms. The highest BCUT2D eigenvalue weighted by atomic mass is 16.5. The molecule has 0 aliphatic carbocycles. The predicted octanol–water partition coefficient (Wildman–Crippen LogP) is 6.81. The van der Waals surface area contributed by atoms with Gasteiger partial charge < -0.3 is 9.14 Å². The number of carbonyl (C=O) groups is 1. The van der Waals surface area contributed by atoms with Gasteiger partial charge in [-0.05, 0) is 40.5 Å². The summed E-state index contributed by atoms with van der Waals surface area (Å²) in [6.07, 6.45) is 7.25. The van der Waals surface area contributed by atoms with Crippen LogP contribution in [0.25, 0.3) is 34.0 Å². The third kappa shape index (κ3) is 3.67. The number of fused-ring (bicyclic) bond motifs is 2. The minimum atomic E-state index is -0.401. The van der Waals surface area contributed by atoms with Gasteiger partial charge in [-0.1, -0.05) is 78.9 Å². The average molecular weight is 458 g/mol. The largest absolute Gasteiger partial charge is 0.452 e. The molecule has 1 atom stereocenters. The van der Waals surface area contributed by atoms with Crippen molar-refractivity contribution in [2.45, 2.75) is 6.04 Å². The fourth-order valence-corrected chi connectivity index (χ4v) is 4.74. The van der Waals surface area contributed by atoms with E-state index in [2.05, 4.69) is 59.0 Å². The molecule has 35 heavy (non-hydrogen) atoms. The Bertz CT molecular complexity index is 1550. The van der Waals surface area contributed by atoms with Gasteiger partial charge in [0.1, 0.15) is 6.04 Å². The number of rotatable bonds is 3. The number of benzene rings is 3. The van der Waals surface area contributed by atoms with Crippen LogP contribution >= 0.6 is 0 Å². The molecular weight excluding hydrogens is 434 g/mol. The first-order valence-electron chi connectivity index (χ1n) is 11.5. The van der Waals surface area contributed by atoms with Crippen LogP contribution in [0.4, 0.5) is 4.79 Å². The summed E-state index contributed by atoms with van der Waals surface area (Å²) in [5.41, 5.74) is 8.29. The van der Waals surface area contributed by atoms with Crippen LogP contribution in [0.5, 0.6) is 0 Å². The molecule has 1 amide bonds. The van der Waals surface area contributed by atoms with Crippen molar-refractivity contribution < 1.29 is 9.53 Å². The second-order valence-electron chi connectivity index (χ2n) is 8.49. The van der Waals surface area contributed by atoms with Crippen molar-refractivity contribution in [3.05, 3.63) is 126 Å². The Morgan fingerprint density at radius 3 is 2.34 bits per heavy atom. The Balaban J connectivity index is 1.43. The van der Waals surface area contributed by atoms with Gasteiger partial charge >= 0.3 is 6.09 Å². The molecule has 0 radical (unpaired) electrons. The van der Waals surface area contributed by atoms with E-state index < -0.39 is 6.09 Å². The van der Waals surface area contributed by atoms with E-state index in [4.69, 9.17) is 9.72 Å². The van der Waals surface area contributed by atoms with E-state index in [1.165, 1.54) is 12.7 Å². The Kier molecular flexibility index (Phi) is 5.15. The summed E-state index contributed by atoms with van der Waals surface area (Å²) in [6, 6.07) is 30.6. The second kappa shape index (κ2) is 8.61. The molecule has 5 aromatic rings. The number of amides is 1. The zero-order chi connectivity index (χ0) is 23.8. The standard InChI is InChI=1S/C30H23N3O2/c1-35-30(34)32-18-17-23-9-5-6-10-26(23)29(32)28-16-15-25-19-31-27(20-33(25)28)24-13-11-22(12-14-24)21-7-3-2-4-8-21/h2-20,29H,1H3/t29-/m1/s1. The van der Waals surface area contributed by atoms with Gasteiger partial charge in [0.15, 0.2) is 0 Å². The summed E-state index contributed by atoms with van der Waals surface area (Å²) in [5, 5.41) is 0. The van der Waals surface area contributed by atoms with Crippen LogP contribution in [0.2, 0.25) is 0 Å². The van der Waals surface area contributed by atoms with Crippen LogP contribution in [-0.4, -0.2) is 27.5 Å². The second-order valence-corrected chi connectivity index (χ2v) is 8.49. The van der Waals surface area contributed by atoms with Gasteiger partial charge in [-0.3, -0.25) is 9.88 Å². The number of nitrogens with zero attached hydrogens (tertiary/aromatic N) is 3. The fourth-order valence-electron chi connectivity index (χ4n) is 4.74. The lowest BCUT2D eigenvalue weighted by atomic mass is 9.94. The third-order valence-corrected chi connectivity index (χ3v) is 6.51. The zero-order valence-electron chi connectivity index (χ0n) is 19.2. The minimum Gasteiger partial charge on any atom is -0.452 e. The molecule has 0 bridgehead atoms. The van der Waals surface area contributed by atoms with E-state index >= 15 is 0 Å². The summed E-state index contributed by atoms with van der Waals surface area (Å²) in [5.74, 6) is 0. The summed E-state index contributed by atoms with van der Waals surface area (Å²) >= 11 is 0. The minimum absolute atomic E-state index is 0.318. The van der Waals surface area contributed by atoms with Crippen molar-refractivity contribution in [1.29, 1.82) is 0 Å². The van der Waals surface area contributed by atoms with E-state index in [9.17, 15) is 4.79 Å². The number of ether oxygens (including phenoxy) is 1. The van der Waals surface area contributed by atoms with E-state index in [1.54, 1.807) is 11.1 Å². The molecule has 0 spiro atoms. The zero-order valence-corrected chi connectivity index (χ0v) is 19.2. The van der Waals surface area contributed by atoms with Crippen molar-refractivity contribution in [3.63, 3.8) is 0 Å². The molecular formula is C30H23N3O2. The van der Waals surface area contributed by atoms with E-state index in [1.807, 2.05) is 54.9 Å². The lowest BCUT2D eigenvalue weighted by Gasteiger charge is -2.32. The molecule has 3 aromatic carbocycles. The van der Waals surface area contributed by atoms with Crippen molar-refractivity contribution in [2.75, 3.05) is 7.11 Å². The average Bonchev–Trinajstić information content (AvgIpc) is 3.35. The van der Waals surface area contributed by atoms with Crippen LogP contribution in [0, 0.1) is 0 Å². The molecule has 0 fully saturated rings. The van der Waals surface area contributed by atoms with Crippen LogP contribution in [0.1, 0.15) is 22.9 Å². The molecule has 1 aliphatic rings. The van der Waals surface area contributed by atoms with Gasteiger partial charge in [0.2, 0.25) is 0 Å². The Hall–Kier alpha value is -4.64. The lowest BCUT2D eigenvalue weighted by molar-refractivity contribution is 0.130. The summed E-state index contributed by atoms with van der Waals surface area (Å²) in [4.78, 5) is 19.0. The van der Waals surface area contributed by atoms with Crippen molar-refractivity contribution >= 4 is 17.7 Å². The first kappa shape index (κ1) is 20.9. The van der Waals surface area contributed by atoms with Crippen LogP contribution in [0.3, 0.4) is 0 Å². The molecule has 5 nitrogen and oxygen atoms in total. The molecule has 170 valence electrons. The fraction of sp³-hybridized carbons (Fsp3) is 0.0667. The van der Waals surface area contributed by atoms with Gasteiger partial charge in [-0.25, -0.2) is 4.79 Å². The smallest absolute Gasteiger partial charge is 0.414 e. The number of methoxy groups -OCH3 is 1. The highest BCUT2D eigenvalue weighted by Crippen LogP contribution is 2.37. The van der Waals surface area contributed by atoms with Gasteiger partial charge in [0.25, 0.3) is 0 Å². The van der Waals surface area contributed by atoms with Crippen LogP contribution in [0.15, 0.2) is 110 Å². The van der Waals surface area contributed by atoms with Crippen molar-refractivity contribution in [2.24, 2.45) is 0 Å². The highest BCUT2D eigenvalue weighted by molar-refractivity contribution is 5.75. The summed E-state index contributed by atoms with van der Waals surface area (Å²) in [6.45, 7) is 0. The first-order valence-corrected chi connectivity index (χ1v) is 11.5. The molecule has 0 unspecified atom stereocenters. The van der Waals surface area contributed by atoms with Gasteiger partial charge in [-0.2, -0.15) is 0 Å². The quantitative estimate of drug-likeness (QED) is 0.299.